The van der Waals surface area contributed by atoms with Gasteiger partial charge in [-0.3, -0.25) is 9.89 Å². The maximum Gasteiger partial charge on any atom is 0.188 e. The molecule has 1 fully saturated rings. The molecule has 1 saturated heterocycles. The fourth-order valence-electron chi connectivity index (χ4n) is 2.19. The van der Waals surface area contributed by atoms with Crippen molar-refractivity contribution in [3.05, 3.63) is 0 Å². The molecule has 0 spiro atoms. The second kappa shape index (κ2) is 8.32. The predicted octanol–water partition coefficient (Wildman–Crippen LogP) is 0.658. The number of aliphatic imine (C=N–C) groups is 1. The molecule has 1 unspecified atom stereocenters. The molecule has 0 bridgehead atoms. The number of nitrogens with two attached hydrogens (primary N) is 1. The van der Waals surface area contributed by atoms with Crippen LogP contribution in [0.3, 0.4) is 0 Å². The topological polar surface area (TPSA) is 62.9 Å². The van der Waals surface area contributed by atoms with Crippen molar-refractivity contribution in [2.75, 3.05) is 39.9 Å². The van der Waals surface area contributed by atoms with Crippen LogP contribution >= 0.6 is 0 Å². The van der Waals surface area contributed by atoms with Crippen LogP contribution in [0.15, 0.2) is 4.99 Å². The highest BCUT2D eigenvalue weighted by atomic mass is 16.5. The van der Waals surface area contributed by atoms with E-state index in [0.717, 1.165) is 26.2 Å². The van der Waals surface area contributed by atoms with Gasteiger partial charge in [0.25, 0.3) is 0 Å². The summed E-state index contributed by atoms with van der Waals surface area (Å²) in [5.74, 6) is 1.12. The van der Waals surface area contributed by atoms with Gasteiger partial charge in [0, 0.05) is 32.8 Å². The molecule has 5 heteroatoms. The van der Waals surface area contributed by atoms with Crippen LogP contribution < -0.4 is 11.1 Å². The van der Waals surface area contributed by atoms with Crippen LogP contribution in [0.4, 0.5) is 0 Å². The Bertz CT molecular complexity index is 255. The van der Waals surface area contributed by atoms with Crippen molar-refractivity contribution in [2.45, 2.75) is 32.7 Å². The van der Waals surface area contributed by atoms with Crippen molar-refractivity contribution in [1.82, 2.24) is 10.2 Å². The molecule has 0 aliphatic carbocycles. The Morgan fingerprint density at radius 1 is 1.56 bits per heavy atom. The Morgan fingerprint density at radius 2 is 2.33 bits per heavy atom. The molecule has 1 aliphatic rings. The molecule has 0 aromatic carbocycles. The summed E-state index contributed by atoms with van der Waals surface area (Å²) in [5, 5.41) is 3.23. The van der Waals surface area contributed by atoms with Gasteiger partial charge in [-0.1, -0.05) is 13.8 Å². The number of methoxy groups -OCH3 is 1. The summed E-state index contributed by atoms with van der Waals surface area (Å²) < 4.78 is 5.13. The molecular formula is C13H28N4O. The lowest BCUT2D eigenvalue weighted by Crippen LogP contribution is -2.43. The highest BCUT2D eigenvalue weighted by Gasteiger charge is 2.23. The van der Waals surface area contributed by atoms with E-state index in [0.29, 0.717) is 17.9 Å². The van der Waals surface area contributed by atoms with Gasteiger partial charge in [-0.05, 0) is 25.3 Å². The van der Waals surface area contributed by atoms with Crippen LogP contribution in [-0.2, 0) is 4.74 Å². The lowest BCUT2D eigenvalue weighted by Gasteiger charge is -2.24. The summed E-state index contributed by atoms with van der Waals surface area (Å²) in [6.07, 6.45) is 2.49. The minimum atomic E-state index is 0.551. The van der Waals surface area contributed by atoms with E-state index in [-0.39, 0.29) is 0 Å². The molecule has 1 atom stereocenters. The molecule has 18 heavy (non-hydrogen) atoms. The third-order valence-electron chi connectivity index (χ3n) is 3.23. The molecular weight excluding hydrogens is 228 g/mol. The maximum atomic E-state index is 5.84. The Kier molecular flexibility index (Phi) is 7.05. The average Bonchev–Trinajstić information content (AvgIpc) is 2.78. The monoisotopic (exact) mass is 256 g/mol. The molecule has 1 heterocycles. The molecule has 1 aliphatic heterocycles. The lowest BCUT2D eigenvalue weighted by molar-refractivity contribution is 0.141. The number of nitrogens with zero attached hydrogens (tertiary/aromatic N) is 2. The fourth-order valence-corrected chi connectivity index (χ4v) is 2.19. The average molecular weight is 256 g/mol. The Morgan fingerprint density at radius 3 is 3.00 bits per heavy atom. The first-order valence-electron chi connectivity index (χ1n) is 6.90. The zero-order chi connectivity index (χ0) is 13.4. The van der Waals surface area contributed by atoms with Crippen molar-refractivity contribution >= 4 is 5.96 Å². The van der Waals surface area contributed by atoms with Crippen molar-refractivity contribution in [2.24, 2.45) is 16.6 Å². The van der Waals surface area contributed by atoms with Crippen LogP contribution in [0.1, 0.15) is 26.7 Å². The van der Waals surface area contributed by atoms with Gasteiger partial charge in [-0.15, -0.1) is 0 Å². The van der Waals surface area contributed by atoms with Crippen LogP contribution in [0.5, 0.6) is 0 Å². The van der Waals surface area contributed by atoms with Gasteiger partial charge in [0.2, 0.25) is 0 Å². The Balaban J connectivity index is 2.26. The minimum Gasteiger partial charge on any atom is -0.383 e. The normalized spacial score (nSPS) is 21.8. The van der Waals surface area contributed by atoms with E-state index in [4.69, 9.17) is 10.5 Å². The van der Waals surface area contributed by atoms with Gasteiger partial charge < -0.3 is 15.8 Å². The van der Waals surface area contributed by atoms with Crippen molar-refractivity contribution < 1.29 is 4.74 Å². The van der Waals surface area contributed by atoms with Gasteiger partial charge >= 0.3 is 0 Å². The highest BCUT2D eigenvalue weighted by molar-refractivity contribution is 5.77. The number of hydrogen-bond acceptors (Lipinski definition) is 3. The van der Waals surface area contributed by atoms with Crippen molar-refractivity contribution in [1.29, 1.82) is 0 Å². The van der Waals surface area contributed by atoms with Crippen LogP contribution in [0.25, 0.3) is 0 Å². The molecule has 106 valence electrons. The van der Waals surface area contributed by atoms with E-state index in [1.807, 2.05) is 0 Å². The number of guanidine groups is 1. The second-order valence-electron chi connectivity index (χ2n) is 5.33. The van der Waals surface area contributed by atoms with Gasteiger partial charge in [0.1, 0.15) is 0 Å². The first-order valence-corrected chi connectivity index (χ1v) is 6.90. The zero-order valence-corrected chi connectivity index (χ0v) is 12.0. The summed E-state index contributed by atoms with van der Waals surface area (Å²) in [7, 11) is 1.75. The first kappa shape index (κ1) is 15.2. The number of ether oxygens (including phenoxy) is 1. The van der Waals surface area contributed by atoms with Gasteiger partial charge in [-0.25, -0.2) is 0 Å². The van der Waals surface area contributed by atoms with E-state index in [9.17, 15) is 0 Å². The molecule has 3 N–H and O–H groups in total. The Labute approximate surface area is 111 Å². The third kappa shape index (κ3) is 5.69. The third-order valence-corrected chi connectivity index (χ3v) is 3.23. The van der Waals surface area contributed by atoms with Crippen LogP contribution in [0.2, 0.25) is 0 Å². The molecule has 0 amide bonds. The predicted molar refractivity (Wildman–Crippen MR) is 75.8 cm³/mol. The zero-order valence-electron chi connectivity index (χ0n) is 12.0. The molecule has 0 saturated carbocycles. The lowest BCUT2D eigenvalue weighted by atomic mass is 10.2. The van der Waals surface area contributed by atoms with E-state index in [2.05, 4.69) is 29.1 Å². The molecule has 5 nitrogen and oxygen atoms in total. The number of hydrogen-bond donors (Lipinski definition) is 2. The van der Waals surface area contributed by atoms with Crippen molar-refractivity contribution in [3.63, 3.8) is 0 Å². The van der Waals surface area contributed by atoms with Crippen LogP contribution in [0, 0.1) is 5.92 Å². The maximum absolute atomic E-state index is 5.84. The quantitative estimate of drug-likeness (QED) is 0.519. The number of likely N-dealkylation sites (tertiary alicyclic amines) is 1. The fraction of sp³-hybridized carbons (Fsp3) is 0.923. The SMILES string of the molecule is COCCN1CCCC1CNC(N)=NCC(C)C. The summed E-state index contributed by atoms with van der Waals surface area (Å²) >= 11 is 0. The van der Waals surface area contributed by atoms with Gasteiger partial charge in [-0.2, -0.15) is 0 Å². The molecule has 0 aromatic heterocycles. The summed E-state index contributed by atoms with van der Waals surface area (Å²) in [4.78, 5) is 6.78. The van der Waals surface area contributed by atoms with Crippen molar-refractivity contribution in [3.8, 4) is 0 Å². The minimum absolute atomic E-state index is 0.551. The highest BCUT2D eigenvalue weighted by Crippen LogP contribution is 2.15. The number of rotatable bonds is 7. The number of nitrogens with one attached hydrogen (secondary N) is 1. The molecule has 1 rings (SSSR count). The summed E-state index contributed by atoms with van der Waals surface area (Å²) in [5.41, 5.74) is 5.84. The van der Waals surface area contributed by atoms with E-state index in [1.165, 1.54) is 19.4 Å². The standard InChI is InChI=1S/C13H28N4O/c1-11(2)9-15-13(14)16-10-12-5-4-6-17(12)7-8-18-3/h11-12H,4-10H2,1-3H3,(H3,14,15,16). The van der Waals surface area contributed by atoms with Gasteiger partial charge in [0.15, 0.2) is 5.96 Å². The second-order valence-corrected chi connectivity index (χ2v) is 5.33. The summed E-state index contributed by atoms with van der Waals surface area (Å²) in [6.45, 7) is 8.92. The smallest absolute Gasteiger partial charge is 0.188 e. The summed E-state index contributed by atoms with van der Waals surface area (Å²) in [6, 6.07) is 0.563. The Hall–Kier alpha value is -0.810. The van der Waals surface area contributed by atoms with Crippen LogP contribution in [-0.4, -0.2) is 56.8 Å². The van der Waals surface area contributed by atoms with Gasteiger partial charge in [0.05, 0.1) is 6.61 Å². The van der Waals surface area contributed by atoms with E-state index in [1.54, 1.807) is 7.11 Å². The van der Waals surface area contributed by atoms with E-state index >= 15 is 0 Å². The largest absolute Gasteiger partial charge is 0.383 e. The molecule has 0 radical (unpaired) electrons. The van der Waals surface area contributed by atoms with E-state index < -0.39 is 0 Å². The first-order chi connectivity index (χ1) is 8.63. The molecule has 0 aromatic rings.